The Labute approximate surface area is 191 Å². The van der Waals surface area contributed by atoms with Gasteiger partial charge in [-0.2, -0.15) is 13.8 Å². The molecular formula is C19H28F2IN5O3. The van der Waals surface area contributed by atoms with E-state index in [0.29, 0.717) is 36.4 Å². The zero-order chi connectivity index (χ0) is 21.2. The topological polar surface area (TPSA) is 93.8 Å². The zero-order valence-corrected chi connectivity index (χ0v) is 19.8. The van der Waals surface area contributed by atoms with E-state index in [1.807, 2.05) is 27.7 Å². The van der Waals surface area contributed by atoms with Crippen LogP contribution in [0.25, 0.3) is 0 Å². The first kappa shape index (κ1) is 26.0. The average Bonchev–Trinajstić information content (AvgIpc) is 3.15. The lowest BCUT2D eigenvalue weighted by molar-refractivity contribution is -0.0504. The third-order valence-corrected chi connectivity index (χ3v) is 3.85. The summed E-state index contributed by atoms with van der Waals surface area (Å²) in [7, 11) is 0. The van der Waals surface area contributed by atoms with Crippen LogP contribution in [0.3, 0.4) is 0 Å². The van der Waals surface area contributed by atoms with Crippen molar-refractivity contribution in [3.05, 3.63) is 41.0 Å². The number of ether oxygens (including phenoxy) is 2. The van der Waals surface area contributed by atoms with Gasteiger partial charge in [-0.3, -0.25) is 0 Å². The molecule has 1 aromatic heterocycles. The molecule has 0 bridgehead atoms. The quantitative estimate of drug-likeness (QED) is 0.268. The fourth-order valence-electron chi connectivity index (χ4n) is 2.54. The molecule has 1 heterocycles. The molecule has 30 heavy (non-hydrogen) atoms. The Bertz CT molecular complexity index is 804. The summed E-state index contributed by atoms with van der Waals surface area (Å²) in [5.41, 5.74) is 1.49. The van der Waals surface area contributed by atoms with Gasteiger partial charge in [0.1, 0.15) is 11.9 Å². The highest BCUT2D eigenvalue weighted by molar-refractivity contribution is 14.0. The molecule has 1 aromatic carbocycles. The molecule has 0 spiro atoms. The molecule has 8 nitrogen and oxygen atoms in total. The lowest BCUT2D eigenvalue weighted by Gasteiger charge is -2.12. The molecule has 2 N–H and O–H groups in total. The van der Waals surface area contributed by atoms with Gasteiger partial charge in [0.05, 0.1) is 13.1 Å². The van der Waals surface area contributed by atoms with Gasteiger partial charge >= 0.3 is 6.61 Å². The Hall–Kier alpha value is -2.02. The predicted molar refractivity (Wildman–Crippen MR) is 119 cm³/mol. The highest BCUT2D eigenvalue weighted by Gasteiger charge is 2.14. The van der Waals surface area contributed by atoms with Gasteiger partial charge in [-0.05, 0) is 33.8 Å². The standard InChI is InChI=1S/C19H27F2N5O3.HI/c1-5-22-19(24-11-16-25-17(26-29-16)13(4)27-6-2)23-10-14-9-12(3)7-8-15(14)28-18(20)21;/h7-9,13,18H,5-6,10-11H2,1-4H3,(H2,22,23,24);1H. The van der Waals surface area contributed by atoms with Crippen LogP contribution in [0, 0.1) is 6.92 Å². The SMILES string of the molecule is CCNC(=NCc1cc(C)ccc1OC(F)F)NCc1nc(C(C)OCC)no1.I. The summed E-state index contributed by atoms with van der Waals surface area (Å²) >= 11 is 0. The molecule has 0 fully saturated rings. The maximum absolute atomic E-state index is 12.6. The smallest absolute Gasteiger partial charge is 0.387 e. The van der Waals surface area contributed by atoms with Crippen LogP contribution in [-0.4, -0.2) is 35.9 Å². The number of rotatable bonds is 10. The van der Waals surface area contributed by atoms with Gasteiger partial charge in [0, 0.05) is 18.7 Å². The second-order valence-corrected chi connectivity index (χ2v) is 6.18. The van der Waals surface area contributed by atoms with Crippen LogP contribution in [0.1, 0.15) is 49.7 Å². The number of aliphatic imine (C=N–C) groups is 1. The maximum atomic E-state index is 12.6. The number of halogens is 3. The lowest BCUT2D eigenvalue weighted by Crippen LogP contribution is -2.36. The highest BCUT2D eigenvalue weighted by atomic mass is 127. The van der Waals surface area contributed by atoms with Crippen molar-refractivity contribution in [3.63, 3.8) is 0 Å². The summed E-state index contributed by atoms with van der Waals surface area (Å²) in [5, 5.41) is 10.1. The summed E-state index contributed by atoms with van der Waals surface area (Å²) < 4.78 is 40.5. The number of aromatic nitrogens is 2. The molecule has 0 saturated heterocycles. The molecule has 0 saturated carbocycles. The Morgan fingerprint density at radius 2 is 2.03 bits per heavy atom. The Kier molecular flexibility index (Phi) is 11.5. The minimum atomic E-state index is -2.89. The molecular weight excluding hydrogens is 511 g/mol. The minimum Gasteiger partial charge on any atom is -0.434 e. The first-order valence-corrected chi connectivity index (χ1v) is 9.43. The Morgan fingerprint density at radius 3 is 2.70 bits per heavy atom. The van der Waals surface area contributed by atoms with Gasteiger partial charge in [0.15, 0.2) is 11.8 Å². The normalized spacial score (nSPS) is 12.4. The van der Waals surface area contributed by atoms with Crippen LogP contribution >= 0.6 is 24.0 Å². The van der Waals surface area contributed by atoms with Crippen molar-refractivity contribution in [2.75, 3.05) is 13.2 Å². The van der Waals surface area contributed by atoms with Gasteiger partial charge < -0.3 is 24.6 Å². The number of aryl methyl sites for hydroxylation is 1. The van der Waals surface area contributed by atoms with Crippen molar-refractivity contribution in [1.82, 2.24) is 20.8 Å². The molecule has 2 rings (SSSR count). The highest BCUT2D eigenvalue weighted by Crippen LogP contribution is 2.23. The van der Waals surface area contributed by atoms with Crippen LogP contribution in [0.2, 0.25) is 0 Å². The number of benzene rings is 1. The van der Waals surface area contributed by atoms with Crippen molar-refractivity contribution < 1.29 is 22.8 Å². The third kappa shape index (κ3) is 8.38. The van der Waals surface area contributed by atoms with E-state index in [-0.39, 0.29) is 48.9 Å². The summed E-state index contributed by atoms with van der Waals surface area (Å²) in [6.45, 7) is 6.23. The second-order valence-electron chi connectivity index (χ2n) is 6.18. The van der Waals surface area contributed by atoms with Gasteiger partial charge in [0.2, 0.25) is 5.89 Å². The van der Waals surface area contributed by atoms with E-state index in [9.17, 15) is 8.78 Å². The minimum absolute atomic E-state index is 0. The monoisotopic (exact) mass is 539 g/mol. The van der Waals surface area contributed by atoms with Crippen molar-refractivity contribution in [3.8, 4) is 5.75 Å². The molecule has 0 aliphatic carbocycles. The zero-order valence-electron chi connectivity index (χ0n) is 17.4. The van der Waals surface area contributed by atoms with E-state index in [0.717, 1.165) is 5.56 Å². The van der Waals surface area contributed by atoms with E-state index < -0.39 is 6.61 Å². The molecule has 11 heteroatoms. The van der Waals surface area contributed by atoms with E-state index in [1.54, 1.807) is 12.1 Å². The molecule has 1 atom stereocenters. The Balaban J connectivity index is 0.00000450. The van der Waals surface area contributed by atoms with Gasteiger partial charge in [-0.15, -0.1) is 24.0 Å². The summed E-state index contributed by atoms with van der Waals surface area (Å²) in [4.78, 5) is 8.72. The van der Waals surface area contributed by atoms with E-state index >= 15 is 0 Å². The van der Waals surface area contributed by atoms with Gasteiger partial charge in [-0.1, -0.05) is 22.9 Å². The van der Waals surface area contributed by atoms with Crippen LogP contribution in [0.5, 0.6) is 5.75 Å². The number of nitrogens with zero attached hydrogens (tertiary/aromatic N) is 3. The van der Waals surface area contributed by atoms with Crippen LogP contribution in [-0.2, 0) is 17.8 Å². The largest absolute Gasteiger partial charge is 0.434 e. The molecule has 1 unspecified atom stereocenters. The van der Waals surface area contributed by atoms with E-state index in [2.05, 4.69) is 30.5 Å². The molecule has 0 aliphatic rings. The number of nitrogens with one attached hydrogen (secondary N) is 2. The number of hydrogen-bond acceptors (Lipinski definition) is 6. The summed E-state index contributed by atoms with van der Waals surface area (Å²) in [5.74, 6) is 1.44. The van der Waals surface area contributed by atoms with Crippen molar-refractivity contribution >= 4 is 29.9 Å². The Morgan fingerprint density at radius 1 is 1.27 bits per heavy atom. The van der Waals surface area contributed by atoms with Gasteiger partial charge in [0.25, 0.3) is 0 Å². The first-order valence-electron chi connectivity index (χ1n) is 9.43. The summed E-state index contributed by atoms with van der Waals surface area (Å²) in [6.07, 6.45) is -0.256. The van der Waals surface area contributed by atoms with Crippen molar-refractivity contribution in [2.24, 2.45) is 4.99 Å². The third-order valence-electron chi connectivity index (χ3n) is 3.85. The lowest BCUT2D eigenvalue weighted by atomic mass is 10.1. The molecule has 0 radical (unpaired) electrons. The number of hydrogen-bond donors (Lipinski definition) is 2. The van der Waals surface area contributed by atoms with E-state index in [1.165, 1.54) is 6.07 Å². The number of guanidine groups is 1. The van der Waals surface area contributed by atoms with Crippen molar-refractivity contribution in [2.45, 2.75) is 53.5 Å². The molecule has 0 aliphatic heterocycles. The van der Waals surface area contributed by atoms with Crippen LogP contribution in [0.4, 0.5) is 8.78 Å². The number of alkyl halides is 2. The maximum Gasteiger partial charge on any atom is 0.387 e. The van der Waals surface area contributed by atoms with Crippen LogP contribution < -0.4 is 15.4 Å². The average molecular weight is 539 g/mol. The molecule has 2 aromatic rings. The molecule has 0 amide bonds. The van der Waals surface area contributed by atoms with Crippen molar-refractivity contribution in [1.29, 1.82) is 0 Å². The first-order chi connectivity index (χ1) is 13.9. The summed E-state index contributed by atoms with van der Waals surface area (Å²) in [6, 6.07) is 5.00. The fraction of sp³-hybridized carbons (Fsp3) is 0.526. The predicted octanol–water partition coefficient (Wildman–Crippen LogP) is 3.95. The molecule has 168 valence electrons. The second kappa shape index (κ2) is 13.3. The van der Waals surface area contributed by atoms with Gasteiger partial charge in [-0.25, -0.2) is 4.99 Å². The van der Waals surface area contributed by atoms with E-state index in [4.69, 9.17) is 9.26 Å². The van der Waals surface area contributed by atoms with Crippen LogP contribution in [0.15, 0.2) is 27.7 Å². The fourth-order valence-corrected chi connectivity index (χ4v) is 2.54.